The lowest BCUT2D eigenvalue weighted by molar-refractivity contribution is 0.0970. The van der Waals surface area contributed by atoms with E-state index in [1.54, 1.807) is 12.1 Å². The van der Waals surface area contributed by atoms with E-state index in [9.17, 15) is 9.59 Å². The average molecular weight is 247 g/mol. The summed E-state index contributed by atoms with van der Waals surface area (Å²) in [4.78, 5) is 23.7. The molecule has 1 heterocycles. The van der Waals surface area contributed by atoms with Crippen molar-refractivity contribution in [3.05, 3.63) is 33.7 Å². The quantitative estimate of drug-likeness (QED) is 0.750. The first-order valence-electron chi connectivity index (χ1n) is 7.00. The minimum atomic E-state index is 0.0416. The highest BCUT2D eigenvalue weighted by molar-refractivity contribution is 5.97. The molecular formula is C15H21NO2. The number of Topliss-reactive ketones (excluding diaryl/α,β-unsaturated/α-hetero) is 1. The molecule has 1 aromatic heterocycles. The van der Waals surface area contributed by atoms with E-state index in [-0.39, 0.29) is 11.3 Å². The minimum absolute atomic E-state index is 0.0416. The van der Waals surface area contributed by atoms with Gasteiger partial charge in [-0.3, -0.25) is 9.59 Å². The smallest absolute Gasteiger partial charge is 0.250 e. The third kappa shape index (κ3) is 2.71. The zero-order chi connectivity index (χ0) is 13.0. The Bertz CT molecular complexity index is 488. The van der Waals surface area contributed by atoms with Crippen LogP contribution < -0.4 is 5.56 Å². The van der Waals surface area contributed by atoms with Gasteiger partial charge in [0.25, 0.3) is 5.56 Å². The summed E-state index contributed by atoms with van der Waals surface area (Å²) in [7, 11) is 0. The number of aromatic nitrogens is 1. The summed E-state index contributed by atoms with van der Waals surface area (Å²) in [6, 6.07) is 3.25. The van der Waals surface area contributed by atoms with E-state index in [0.717, 1.165) is 43.5 Å². The molecule has 0 aliphatic heterocycles. The third-order valence-corrected chi connectivity index (χ3v) is 3.65. The number of nitrogens with zero attached hydrogens (tertiary/aromatic N) is 1. The van der Waals surface area contributed by atoms with Crippen LogP contribution in [-0.4, -0.2) is 10.4 Å². The van der Waals surface area contributed by atoms with E-state index >= 15 is 0 Å². The molecule has 0 spiro atoms. The highest BCUT2D eigenvalue weighted by Gasteiger charge is 2.20. The molecule has 1 aromatic rings. The second kappa shape index (κ2) is 5.98. The molecule has 0 aromatic carbocycles. The number of pyridine rings is 1. The van der Waals surface area contributed by atoms with Gasteiger partial charge < -0.3 is 4.57 Å². The van der Waals surface area contributed by atoms with E-state index in [0.29, 0.717) is 6.42 Å². The van der Waals surface area contributed by atoms with Gasteiger partial charge in [-0.15, -0.1) is 0 Å². The fourth-order valence-corrected chi connectivity index (χ4v) is 2.64. The average Bonchev–Trinajstić information content (AvgIpc) is 2.37. The number of ketones is 1. The van der Waals surface area contributed by atoms with Crippen LogP contribution in [0.25, 0.3) is 0 Å². The van der Waals surface area contributed by atoms with E-state index in [4.69, 9.17) is 0 Å². The van der Waals surface area contributed by atoms with Gasteiger partial charge in [0.2, 0.25) is 0 Å². The Morgan fingerprint density at radius 1 is 1.11 bits per heavy atom. The Kier molecular flexibility index (Phi) is 4.34. The maximum absolute atomic E-state index is 11.9. The molecule has 0 atom stereocenters. The van der Waals surface area contributed by atoms with Gasteiger partial charge in [0.1, 0.15) is 0 Å². The fraction of sp³-hybridized carbons (Fsp3) is 0.600. The van der Waals surface area contributed by atoms with E-state index in [1.807, 2.05) is 4.57 Å². The number of fused-ring (bicyclic) bond motifs is 1. The normalized spacial score (nSPS) is 14.6. The summed E-state index contributed by atoms with van der Waals surface area (Å²) >= 11 is 0. The number of carbonyl (C=O) groups is 1. The van der Waals surface area contributed by atoms with Gasteiger partial charge in [0.15, 0.2) is 5.78 Å². The molecule has 2 rings (SSSR count). The molecule has 98 valence electrons. The number of hydrogen-bond acceptors (Lipinski definition) is 2. The van der Waals surface area contributed by atoms with Gasteiger partial charge in [-0.1, -0.05) is 26.2 Å². The molecule has 0 saturated carbocycles. The highest BCUT2D eigenvalue weighted by atomic mass is 16.1. The maximum Gasteiger partial charge on any atom is 0.250 e. The van der Waals surface area contributed by atoms with Crippen molar-refractivity contribution in [3.63, 3.8) is 0 Å². The highest BCUT2D eigenvalue weighted by Crippen LogP contribution is 2.20. The van der Waals surface area contributed by atoms with Crippen molar-refractivity contribution in [2.24, 2.45) is 0 Å². The topological polar surface area (TPSA) is 39.1 Å². The third-order valence-electron chi connectivity index (χ3n) is 3.65. The minimum Gasteiger partial charge on any atom is -0.312 e. The lowest BCUT2D eigenvalue weighted by Crippen LogP contribution is -2.27. The van der Waals surface area contributed by atoms with Gasteiger partial charge >= 0.3 is 0 Å². The van der Waals surface area contributed by atoms with Gasteiger partial charge in [-0.2, -0.15) is 0 Å². The lowest BCUT2D eigenvalue weighted by atomic mass is 9.94. The molecule has 0 bridgehead atoms. The lowest BCUT2D eigenvalue weighted by Gasteiger charge is -2.19. The van der Waals surface area contributed by atoms with Gasteiger partial charge in [-0.25, -0.2) is 0 Å². The molecule has 0 amide bonds. The summed E-state index contributed by atoms with van der Waals surface area (Å²) in [5.41, 5.74) is 1.78. The van der Waals surface area contributed by atoms with Crippen LogP contribution >= 0.6 is 0 Å². The molecule has 3 heteroatoms. The Hall–Kier alpha value is -1.38. The molecule has 18 heavy (non-hydrogen) atoms. The first-order chi connectivity index (χ1) is 8.74. The number of unbranched alkanes of at least 4 members (excludes halogenated alkanes) is 3. The van der Waals surface area contributed by atoms with E-state index in [1.165, 1.54) is 12.8 Å². The van der Waals surface area contributed by atoms with Crippen molar-refractivity contribution in [2.75, 3.05) is 0 Å². The van der Waals surface area contributed by atoms with Crippen molar-refractivity contribution >= 4 is 5.78 Å². The van der Waals surface area contributed by atoms with Gasteiger partial charge in [0.05, 0.1) is 0 Å². The van der Waals surface area contributed by atoms with Crippen LogP contribution in [0.3, 0.4) is 0 Å². The van der Waals surface area contributed by atoms with Gasteiger partial charge in [0, 0.05) is 30.3 Å². The Balaban J connectivity index is 2.20. The number of carbonyl (C=O) groups excluding carboxylic acids is 1. The second-order valence-electron chi connectivity index (χ2n) is 5.02. The molecule has 0 radical (unpaired) electrons. The Morgan fingerprint density at radius 3 is 2.72 bits per heavy atom. The predicted molar refractivity (Wildman–Crippen MR) is 72.1 cm³/mol. The van der Waals surface area contributed by atoms with E-state index in [2.05, 4.69) is 6.92 Å². The van der Waals surface area contributed by atoms with Crippen molar-refractivity contribution < 1.29 is 4.79 Å². The zero-order valence-corrected chi connectivity index (χ0v) is 11.1. The largest absolute Gasteiger partial charge is 0.312 e. The molecule has 0 fully saturated rings. The molecule has 1 aliphatic rings. The summed E-state index contributed by atoms with van der Waals surface area (Å²) in [5, 5.41) is 0. The van der Waals surface area contributed by atoms with Crippen LogP contribution in [0, 0.1) is 0 Å². The molecule has 0 saturated heterocycles. The monoisotopic (exact) mass is 247 g/mol. The first kappa shape index (κ1) is 13.1. The summed E-state index contributed by atoms with van der Waals surface area (Å²) < 4.78 is 1.82. The van der Waals surface area contributed by atoms with Crippen LogP contribution in [0.5, 0.6) is 0 Å². The van der Waals surface area contributed by atoms with E-state index < -0.39 is 0 Å². The van der Waals surface area contributed by atoms with Crippen molar-refractivity contribution in [1.29, 1.82) is 0 Å². The Labute approximate surface area is 108 Å². The predicted octanol–water partition coefficient (Wildman–Crippen LogP) is 2.95. The van der Waals surface area contributed by atoms with Crippen molar-refractivity contribution in [3.8, 4) is 0 Å². The van der Waals surface area contributed by atoms with Gasteiger partial charge in [-0.05, 0) is 25.3 Å². The van der Waals surface area contributed by atoms with Crippen molar-refractivity contribution in [1.82, 2.24) is 4.57 Å². The van der Waals surface area contributed by atoms with Crippen LogP contribution in [0.2, 0.25) is 0 Å². The van der Waals surface area contributed by atoms with Crippen LogP contribution in [0.15, 0.2) is 16.9 Å². The molecular weight excluding hydrogens is 226 g/mol. The number of rotatable bonds is 5. The second-order valence-corrected chi connectivity index (χ2v) is 5.02. The summed E-state index contributed by atoms with van der Waals surface area (Å²) in [6.45, 7) is 2.94. The van der Waals surface area contributed by atoms with Crippen LogP contribution in [-0.2, 0) is 13.0 Å². The summed E-state index contributed by atoms with van der Waals surface area (Å²) in [5.74, 6) is 0.193. The maximum atomic E-state index is 11.9. The first-order valence-corrected chi connectivity index (χ1v) is 7.00. The molecule has 0 N–H and O–H groups in total. The summed E-state index contributed by atoms with van der Waals surface area (Å²) in [6.07, 6.45) is 6.96. The zero-order valence-electron chi connectivity index (χ0n) is 11.1. The van der Waals surface area contributed by atoms with Crippen LogP contribution in [0.4, 0.5) is 0 Å². The molecule has 0 unspecified atom stereocenters. The van der Waals surface area contributed by atoms with Crippen LogP contribution in [0.1, 0.15) is 61.5 Å². The van der Waals surface area contributed by atoms with Crippen molar-refractivity contribution in [2.45, 2.75) is 58.4 Å². The SMILES string of the molecule is CCCCCCn1c2c(ccc1=O)C(=O)CCC2. The standard InChI is InChI=1S/C15H21NO2/c1-2-3-4-5-11-16-13-7-6-8-14(17)12(13)9-10-15(16)18/h9-10H,2-8,11H2,1H3. The Morgan fingerprint density at radius 2 is 1.94 bits per heavy atom. The number of hydrogen-bond donors (Lipinski definition) is 0. The molecule has 1 aliphatic carbocycles. The fourth-order valence-electron chi connectivity index (χ4n) is 2.64. The molecule has 3 nitrogen and oxygen atoms in total.